The zero-order valence-corrected chi connectivity index (χ0v) is 16.4. The molecular weight excluding hydrogens is 384 g/mol. The third-order valence-electron chi connectivity index (χ3n) is 5.47. The Bertz CT molecular complexity index is 673. The molecule has 0 bridgehead atoms. The highest BCUT2D eigenvalue weighted by Crippen LogP contribution is 2.35. The lowest BCUT2D eigenvalue weighted by Gasteiger charge is -2.35. The smallest absolute Gasteiger partial charge is 0.245 e. The molecule has 0 spiro atoms. The van der Waals surface area contributed by atoms with Crippen molar-refractivity contribution in [3.05, 3.63) is 28.2 Å². The summed E-state index contributed by atoms with van der Waals surface area (Å²) in [6, 6.07) is 5.97. The minimum absolute atomic E-state index is 0.0195. The van der Waals surface area contributed by atoms with Gasteiger partial charge in [0.2, 0.25) is 11.8 Å². The molecule has 6 heteroatoms. The second-order valence-corrected chi connectivity index (χ2v) is 8.08. The Kier molecular flexibility index (Phi) is 5.37. The molecule has 25 heavy (non-hydrogen) atoms. The highest BCUT2D eigenvalue weighted by atomic mass is 79.9. The van der Waals surface area contributed by atoms with Crippen LogP contribution < -0.4 is 10.1 Å². The van der Waals surface area contributed by atoms with Gasteiger partial charge in [-0.15, -0.1) is 0 Å². The number of hydrogen-bond donors (Lipinski definition) is 1. The molecule has 1 aromatic carbocycles. The lowest BCUT2D eigenvalue weighted by Crippen LogP contribution is -2.55. The van der Waals surface area contributed by atoms with E-state index in [0.717, 1.165) is 28.6 Å². The van der Waals surface area contributed by atoms with Crippen LogP contribution in [0.1, 0.15) is 51.0 Å². The number of carbonyl (C=O) groups excluding carboxylic acids is 2. The number of halogens is 1. The van der Waals surface area contributed by atoms with Gasteiger partial charge in [-0.05, 0) is 44.4 Å². The molecule has 0 radical (unpaired) electrons. The molecule has 1 aromatic rings. The van der Waals surface area contributed by atoms with Crippen molar-refractivity contribution in [2.75, 3.05) is 7.11 Å². The van der Waals surface area contributed by atoms with Crippen molar-refractivity contribution in [1.29, 1.82) is 0 Å². The summed E-state index contributed by atoms with van der Waals surface area (Å²) < 4.78 is 6.35. The fourth-order valence-electron chi connectivity index (χ4n) is 3.85. The maximum Gasteiger partial charge on any atom is 0.245 e. The monoisotopic (exact) mass is 408 g/mol. The van der Waals surface area contributed by atoms with Crippen LogP contribution in [0.25, 0.3) is 0 Å². The molecule has 2 fully saturated rings. The van der Waals surface area contributed by atoms with Crippen LogP contribution in [0.2, 0.25) is 0 Å². The van der Waals surface area contributed by atoms with Crippen molar-refractivity contribution in [3.63, 3.8) is 0 Å². The molecule has 2 amide bonds. The molecule has 1 saturated heterocycles. The van der Waals surface area contributed by atoms with Crippen LogP contribution in [0, 0.1) is 0 Å². The Morgan fingerprint density at radius 3 is 2.80 bits per heavy atom. The van der Waals surface area contributed by atoms with E-state index in [-0.39, 0.29) is 17.9 Å². The van der Waals surface area contributed by atoms with Crippen LogP contribution in [0.15, 0.2) is 22.7 Å². The minimum Gasteiger partial charge on any atom is -0.496 e. The van der Waals surface area contributed by atoms with Gasteiger partial charge in [0.1, 0.15) is 11.3 Å². The lowest BCUT2D eigenvalue weighted by atomic mass is 9.96. The van der Waals surface area contributed by atoms with Crippen molar-refractivity contribution >= 4 is 27.7 Å². The second kappa shape index (κ2) is 7.36. The van der Waals surface area contributed by atoms with Gasteiger partial charge in [-0.1, -0.05) is 28.8 Å². The normalized spacial score (nSPS) is 24.0. The summed E-state index contributed by atoms with van der Waals surface area (Å²) in [5.74, 6) is 0.715. The van der Waals surface area contributed by atoms with Gasteiger partial charge >= 0.3 is 0 Å². The van der Waals surface area contributed by atoms with Crippen molar-refractivity contribution in [1.82, 2.24) is 10.2 Å². The first-order valence-corrected chi connectivity index (χ1v) is 9.67. The molecule has 0 unspecified atom stereocenters. The van der Waals surface area contributed by atoms with Gasteiger partial charge in [-0.2, -0.15) is 0 Å². The summed E-state index contributed by atoms with van der Waals surface area (Å²) >= 11 is 3.47. The summed E-state index contributed by atoms with van der Waals surface area (Å²) in [4.78, 5) is 27.2. The predicted molar refractivity (Wildman–Crippen MR) is 99.3 cm³/mol. The Balaban J connectivity index is 1.81. The average Bonchev–Trinajstić information content (AvgIpc) is 3.19. The summed E-state index contributed by atoms with van der Waals surface area (Å²) in [6.45, 7) is 2.25. The van der Waals surface area contributed by atoms with Gasteiger partial charge in [0.25, 0.3) is 0 Å². The van der Waals surface area contributed by atoms with E-state index >= 15 is 0 Å². The molecule has 1 heterocycles. The topological polar surface area (TPSA) is 58.6 Å². The molecule has 1 atom stereocenters. The third-order valence-corrected chi connectivity index (χ3v) is 5.97. The summed E-state index contributed by atoms with van der Waals surface area (Å²) in [5, 5.41) is 3.16. The van der Waals surface area contributed by atoms with E-state index in [1.54, 1.807) is 12.0 Å². The SMILES string of the molecule is COc1ccc(Br)cc1CN1C(=O)CC[C@]1(C)C(=O)NC1CCCC1. The molecule has 5 nitrogen and oxygen atoms in total. The van der Waals surface area contributed by atoms with Gasteiger partial charge in [0.15, 0.2) is 0 Å². The van der Waals surface area contributed by atoms with E-state index in [2.05, 4.69) is 21.2 Å². The zero-order valence-electron chi connectivity index (χ0n) is 14.8. The Labute approximate surface area is 157 Å². The Morgan fingerprint density at radius 2 is 2.12 bits per heavy atom. The number of nitrogens with zero attached hydrogens (tertiary/aromatic N) is 1. The van der Waals surface area contributed by atoms with E-state index in [1.807, 2.05) is 25.1 Å². The molecule has 1 aliphatic heterocycles. The Morgan fingerprint density at radius 1 is 1.40 bits per heavy atom. The van der Waals surface area contributed by atoms with Crippen molar-refractivity contribution < 1.29 is 14.3 Å². The van der Waals surface area contributed by atoms with Crippen molar-refractivity contribution in [3.8, 4) is 5.75 Å². The summed E-state index contributed by atoms with van der Waals surface area (Å²) in [6.07, 6.45) is 5.37. The summed E-state index contributed by atoms with van der Waals surface area (Å²) in [7, 11) is 1.62. The van der Waals surface area contributed by atoms with Crippen LogP contribution in [0.5, 0.6) is 5.75 Å². The number of benzene rings is 1. The lowest BCUT2D eigenvalue weighted by molar-refractivity contribution is -0.141. The van der Waals surface area contributed by atoms with E-state index in [1.165, 1.54) is 12.8 Å². The first-order valence-electron chi connectivity index (χ1n) is 8.88. The van der Waals surface area contributed by atoms with Gasteiger partial charge in [0, 0.05) is 22.5 Å². The minimum atomic E-state index is -0.799. The largest absolute Gasteiger partial charge is 0.496 e. The zero-order chi connectivity index (χ0) is 18.0. The van der Waals surface area contributed by atoms with Gasteiger partial charge in [-0.3, -0.25) is 9.59 Å². The molecule has 2 aliphatic rings. The van der Waals surface area contributed by atoms with Crippen LogP contribution in [0.3, 0.4) is 0 Å². The second-order valence-electron chi connectivity index (χ2n) is 7.16. The maximum atomic E-state index is 12.9. The van der Waals surface area contributed by atoms with Crippen LogP contribution in [-0.2, 0) is 16.1 Å². The maximum absolute atomic E-state index is 12.9. The molecule has 1 aliphatic carbocycles. The molecule has 1 saturated carbocycles. The number of hydrogen-bond acceptors (Lipinski definition) is 3. The summed E-state index contributed by atoms with van der Waals surface area (Å²) in [5.41, 5.74) is 0.0968. The quantitative estimate of drug-likeness (QED) is 0.811. The van der Waals surface area contributed by atoms with E-state index < -0.39 is 5.54 Å². The Hall–Kier alpha value is -1.56. The first-order chi connectivity index (χ1) is 11.9. The molecule has 1 N–H and O–H groups in total. The standard InChI is InChI=1S/C19H25BrN2O3/c1-19(18(24)21-15-5-3-4-6-15)10-9-17(23)22(19)12-13-11-14(20)7-8-16(13)25-2/h7-8,11,15H,3-6,9-10,12H2,1-2H3,(H,21,24)/t19-/m1/s1. The van der Waals surface area contributed by atoms with Crippen molar-refractivity contribution in [2.45, 2.75) is 63.6 Å². The number of amides is 2. The van der Waals surface area contributed by atoms with Crippen LogP contribution in [0.4, 0.5) is 0 Å². The number of ether oxygens (including phenoxy) is 1. The molecule has 3 rings (SSSR count). The predicted octanol–water partition coefficient (Wildman–Crippen LogP) is 3.40. The highest BCUT2D eigenvalue weighted by Gasteiger charge is 2.47. The molecular formula is C19H25BrN2O3. The number of methoxy groups -OCH3 is 1. The van der Waals surface area contributed by atoms with E-state index in [9.17, 15) is 9.59 Å². The number of nitrogens with one attached hydrogen (secondary N) is 1. The number of likely N-dealkylation sites (tertiary alicyclic amines) is 1. The molecule has 136 valence electrons. The average molecular weight is 409 g/mol. The fraction of sp³-hybridized carbons (Fsp3) is 0.579. The van der Waals surface area contributed by atoms with Gasteiger partial charge in [-0.25, -0.2) is 0 Å². The molecule has 0 aromatic heterocycles. The van der Waals surface area contributed by atoms with E-state index in [0.29, 0.717) is 19.4 Å². The highest BCUT2D eigenvalue weighted by molar-refractivity contribution is 9.10. The number of rotatable bonds is 5. The van der Waals surface area contributed by atoms with Gasteiger partial charge in [0.05, 0.1) is 13.7 Å². The van der Waals surface area contributed by atoms with Gasteiger partial charge < -0.3 is 15.0 Å². The number of carbonyl (C=O) groups is 2. The van der Waals surface area contributed by atoms with Crippen LogP contribution >= 0.6 is 15.9 Å². The van der Waals surface area contributed by atoms with Crippen LogP contribution in [-0.4, -0.2) is 35.4 Å². The first kappa shape index (κ1) is 18.2. The fourth-order valence-corrected chi connectivity index (χ4v) is 4.25. The van der Waals surface area contributed by atoms with Crippen molar-refractivity contribution in [2.24, 2.45) is 0 Å². The van der Waals surface area contributed by atoms with E-state index in [4.69, 9.17) is 4.74 Å². The third kappa shape index (κ3) is 3.68.